The van der Waals surface area contributed by atoms with Gasteiger partial charge in [-0.05, 0) is 57.4 Å². The Morgan fingerprint density at radius 3 is 2.26 bits per heavy atom. The van der Waals surface area contributed by atoms with Crippen LogP contribution >= 0.6 is 9.24 Å². The first-order chi connectivity index (χ1) is 16.6. The number of nitrogens with zero attached hydrogens (tertiary/aromatic N) is 2. The first kappa shape index (κ1) is 28.8. The highest BCUT2D eigenvalue weighted by Gasteiger charge is 2.17. The summed E-state index contributed by atoms with van der Waals surface area (Å²) in [7, 11) is 3.62. The van der Waals surface area contributed by atoms with Gasteiger partial charge in [-0.25, -0.2) is 9.97 Å². The van der Waals surface area contributed by atoms with E-state index >= 15 is 0 Å². The molecule has 0 radical (unpaired) electrons. The third-order valence-corrected chi connectivity index (χ3v) is 6.22. The van der Waals surface area contributed by atoms with Gasteiger partial charge in [0.15, 0.2) is 7.28 Å². The van der Waals surface area contributed by atoms with E-state index in [1.807, 2.05) is 12.4 Å². The quantitative estimate of drug-likeness (QED) is 0.228. The average Bonchev–Trinajstić information content (AvgIpc) is 2.82. The third-order valence-electron chi connectivity index (χ3n) is 5.96. The zero-order valence-electron chi connectivity index (χ0n) is 22.6. The number of hydrogen-bond donors (Lipinski definition) is 1. The fourth-order valence-electron chi connectivity index (χ4n) is 3.77. The minimum Gasteiger partial charge on any atom is -0.490 e. The lowest BCUT2D eigenvalue weighted by Crippen LogP contribution is -2.17. The molecule has 0 aliphatic heterocycles. The van der Waals surface area contributed by atoms with Crippen molar-refractivity contribution in [1.29, 1.82) is 0 Å². The molecule has 1 aromatic carbocycles. The van der Waals surface area contributed by atoms with E-state index in [0.29, 0.717) is 6.54 Å². The first-order valence-corrected chi connectivity index (χ1v) is 13.3. The van der Waals surface area contributed by atoms with Gasteiger partial charge in [0.05, 0.1) is 6.10 Å². The Bertz CT molecular complexity index is 1020. The molecule has 4 nitrogen and oxygen atoms in total. The van der Waals surface area contributed by atoms with Crippen LogP contribution in [0.3, 0.4) is 0 Å². The predicted molar refractivity (Wildman–Crippen MR) is 157 cm³/mol. The lowest BCUT2D eigenvalue weighted by molar-refractivity contribution is 0.178. The highest BCUT2D eigenvalue weighted by molar-refractivity contribution is 7.18. The number of ether oxygens (including phenoxy) is 1. The molecule has 0 saturated carbocycles. The molecule has 2 aromatic rings. The molecule has 0 saturated heterocycles. The standard InChI is InChI=1S/C29H43BN3OP/c1-9-12-26(13-10-2)34-27-15-24(21(5)30-20(4)11-3)14-25(16-27)22(6)31-17-23-18-32-28(33-19-23)29(7,8)35/h11,14-16,18-19,26,30-31H,5-6,9-10,12-13,17,35H2,1-4,7-8H3/b20-11-. The van der Waals surface area contributed by atoms with Gasteiger partial charge in [-0.2, -0.15) is 0 Å². The van der Waals surface area contributed by atoms with E-state index in [1.54, 1.807) is 0 Å². The zero-order chi connectivity index (χ0) is 26.0. The highest BCUT2D eigenvalue weighted by atomic mass is 31.0. The van der Waals surface area contributed by atoms with Crippen LogP contribution in [0.1, 0.15) is 89.7 Å². The van der Waals surface area contributed by atoms with Crippen molar-refractivity contribution in [3.8, 4) is 5.75 Å². The lowest BCUT2D eigenvalue weighted by atomic mass is 9.61. The molecule has 0 spiro atoms. The molecule has 0 aliphatic rings. The summed E-state index contributed by atoms with van der Waals surface area (Å²) in [6.07, 6.45) is 10.4. The van der Waals surface area contributed by atoms with Crippen LogP contribution in [0.25, 0.3) is 11.2 Å². The molecule has 1 aromatic heterocycles. The summed E-state index contributed by atoms with van der Waals surface area (Å²) in [5.74, 6) is 1.69. The molecular formula is C29H43BN3OP. The van der Waals surface area contributed by atoms with Crippen molar-refractivity contribution in [2.75, 3.05) is 0 Å². The van der Waals surface area contributed by atoms with Crippen molar-refractivity contribution in [3.63, 3.8) is 0 Å². The molecule has 1 unspecified atom stereocenters. The van der Waals surface area contributed by atoms with E-state index in [4.69, 9.17) is 4.74 Å². The van der Waals surface area contributed by atoms with Crippen molar-refractivity contribution < 1.29 is 4.74 Å². The Balaban J connectivity index is 2.26. The van der Waals surface area contributed by atoms with Crippen LogP contribution in [0, 0.1) is 0 Å². The van der Waals surface area contributed by atoms with E-state index in [-0.39, 0.29) is 11.3 Å². The molecule has 6 heteroatoms. The van der Waals surface area contributed by atoms with Gasteiger partial charge >= 0.3 is 0 Å². The Hall–Kier alpha value is -2.39. The number of aromatic nitrogens is 2. The second-order valence-electron chi connectivity index (χ2n) is 9.95. The maximum absolute atomic E-state index is 6.47. The molecular weight excluding hydrogens is 448 g/mol. The molecule has 35 heavy (non-hydrogen) atoms. The van der Waals surface area contributed by atoms with Crippen LogP contribution in [0.5, 0.6) is 5.75 Å². The smallest absolute Gasteiger partial charge is 0.186 e. The minimum atomic E-state index is -0.145. The maximum atomic E-state index is 6.47. The number of benzene rings is 1. The molecule has 0 amide bonds. The van der Waals surface area contributed by atoms with Crippen LogP contribution in [0.2, 0.25) is 0 Å². The zero-order valence-corrected chi connectivity index (χ0v) is 23.7. The van der Waals surface area contributed by atoms with Gasteiger partial charge in [-0.1, -0.05) is 51.7 Å². The van der Waals surface area contributed by atoms with Gasteiger partial charge in [0.25, 0.3) is 0 Å². The van der Waals surface area contributed by atoms with Gasteiger partial charge < -0.3 is 10.1 Å². The van der Waals surface area contributed by atoms with E-state index in [1.165, 1.54) is 5.47 Å². The summed E-state index contributed by atoms with van der Waals surface area (Å²) in [6.45, 7) is 22.1. The fourth-order valence-corrected chi connectivity index (χ4v) is 3.92. The van der Waals surface area contributed by atoms with Crippen LogP contribution in [-0.2, 0) is 11.7 Å². The number of nitrogens with one attached hydrogen (secondary N) is 1. The molecule has 0 fully saturated rings. The van der Waals surface area contributed by atoms with Crippen LogP contribution < -0.4 is 10.1 Å². The second kappa shape index (κ2) is 13.6. The minimum absolute atomic E-state index is 0.145. The van der Waals surface area contributed by atoms with Gasteiger partial charge in [-0.3, -0.25) is 0 Å². The van der Waals surface area contributed by atoms with Crippen molar-refractivity contribution >= 4 is 27.7 Å². The molecule has 1 heterocycles. The molecule has 0 bridgehead atoms. The topological polar surface area (TPSA) is 47.0 Å². The van der Waals surface area contributed by atoms with Crippen LogP contribution in [-0.4, -0.2) is 23.4 Å². The summed E-state index contributed by atoms with van der Waals surface area (Å²) >= 11 is 0. The lowest BCUT2D eigenvalue weighted by Gasteiger charge is -2.21. The summed E-state index contributed by atoms with van der Waals surface area (Å²) in [5.41, 5.74) is 6.32. The van der Waals surface area contributed by atoms with Gasteiger partial charge in [-0.15, -0.1) is 21.3 Å². The van der Waals surface area contributed by atoms with Crippen molar-refractivity contribution in [3.05, 3.63) is 77.8 Å². The van der Waals surface area contributed by atoms with Crippen LogP contribution in [0.15, 0.2) is 55.3 Å². The largest absolute Gasteiger partial charge is 0.490 e. The molecule has 1 N–H and O–H groups in total. The van der Waals surface area contributed by atoms with E-state index in [9.17, 15) is 0 Å². The Kier molecular flexibility index (Phi) is 11.2. The summed E-state index contributed by atoms with van der Waals surface area (Å²) in [5, 5.41) is 3.30. The van der Waals surface area contributed by atoms with Gasteiger partial charge in [0.1, 0.15) is 11.6 Å². The average molecular weight is 491 g/mol. The maximum Gasteiger partial charge on any atom is 0.186 e. The van der Waals surface area contributed by atoms with Crippen molar-refractivity contribution in [2.45, 2.75) is 85.0 Å². The van der Waals surface area contributed by atoms with Gasteiger partial charge in [0.2, 0.25) is 0 Å². The highest BCUT2D eigenvalue weighted by Crippen LogP contribution is 2.28. The van der Waals surface area contributed by atoms with E-state index < -0.39 is 0 Å². The number of hydrogen-bond acceptors (Lipinski definition) is 4. The molecule has 1 atom stereocenters. The first-order valence-electron chi connectivity index (χ1n) is 12.7. The summed E-state index contributed by atoms with van der Waals surface area (Å²) in [6, 6.07) is 6.36. The fraction of sp³-hybridized carbons (Fsp3) is 0.448. The van der Waals surface area contributed by atoms with Crippen molar-refractivity contribution in [2.24, 2.45) is 0 Å². The molecule has 188 valence electrons. The normalized spacial score (nSPS) is 11.9. The Morgan fingerprint density at radius 2 is 1.71 bits per heavy atom. The predicted octanol–water partition coefficient (Wildman–Crippen LogP) is 7.03. The number of rotatable bonds is 14. The monoisotopic (exact) mass is 491 g/mol. The number of allylic oxidation sites excluding steroid dienone is 2. The van der Waals surface area contributed by atoms with Crippen molar-refractivity contribution in [1.82, 2.24) is 15.3 Å². The van der Waals surface area contributed by atoms with Gasteiger partial charge in [0, 0.05) is 40.9 Å². The summed E-state index contributed by atoms with van der Waals surface area (Å²) < 4.78 is 6.47. The Labute approximate surface area is 216 Å². The molecule has 2 rings (SSSR count). The second-order valence-corrected chi connectivity index (χ2v) is 11.4. The molecule has 0 aliphatic carbocycles. The third kappa shape index (κ3) is 9.30. The van der Waals surface area contributed by atoms with E-state index in [2.05, 4.69) is 103 Å². The summed E-state index contributed by atoms with van der Waals surface area (Å²) in [4.78, 5) is 9.03. The van der Waals surface area contributed by atoms with E-state index in [0.717, 1.165) is 72.4 Å². The van der Waals surface area contributed by atoms with Crippen LogP contribution in [0.4, 0.5) is 0 Å². The SMILES string of the molecule is C=C(B/C(C)=C\C)c1cc(OC(CCC)CCC)cc(C(=C)NCc2cnc(C(C)(C)P)nc2)c1. The Morgan fingerprint density at radius 1 is 1.11 bits per heavy atom.